The Morgan fingerprint density at radius 2 is 1.68 bits per heavy atom. The lowest BCUT2D eigenvalue weighted by molar-refractivity contribution is -0.384. The van der Waals surface area contributed by atoms with Gasteiger partial charge >= 0.3 is 0 Å². The Morgan fingerprint density at radius 1 is 1.04 bits per heavy atom. The van der Waals surface area contributed by atoms with E-state index in [0.717, 1.165) is 6.07 Å². The maximum absolute atomic E-state index is 12.0. The van der Waals surface area contributed by atoms with E-state index in [0.29, 0.717) is 0 Å². The molecule has 2 rings (SSSR count). The second-order valence-corrected chi connectivity index (χ2v) is 5.48. The largest absolute Gasteiger partial charge is 0.327 e. The topological polar surface area (TPSA) is 127 Å². The van der Waals surface area contributed by atoms with E-state index in [9.17, 15) is 25.0 Å². The third-order valence-electron chi connectivity index (χ3n) is 2.97. The van der Waals surface area contributed by atoms with Crippen molar-refractivity contribution in [3.63, 3.8) is 0 Å². The van der Waals surface area contributed by atoms with Crippen molar-refractivity contribution in [3.8, 4) is 0 Å². The summed E-state index contributed by atoms with van der Waals surface area (Å²) in [6, 6.07) is 8.81. The molecule has 0 aliphatic carbocycles. The zero-order valence-electron chi connectivity index (χ0n) is 12.3. The Morgan fingerprint density at radius 3 is 2.24 bits per heavy atom. The highest BCUT2D eigenvalue weighted by Crippen LogP contribution is 2.27. The minimum atomic E-state index is -0.644. The molecule has 0 unspecified atom stereocenters. The van der Waals surface area contributed by atoms with E-state index in [4.69, 9.17) is 23.8 Å². The van der Waals surface area contributed by atoms with Crippen LogP contribution in [0.4, 0.5) is 17.1 Å². The SMILES string of the molecule is O=C(NC(=S)Nc1ccc(Cl)cc1[N+](=O)[O-])c1ccc([N+](=O)[O-])cc1. The molecular weight excluding hydrogens is 372 g/mol. The molecule has 11 heteroatoms. The fraction of sp³-hybridized carbons (Fsp3) is 0. The minimum absolute atomic E-state index is 0.0587. The molecule has 0 bridgehead atoms. The fourth-order valence-electron chi connectivity index (χ4n) is 1.82. The Kier molecular flexibility index (Phi) is 5.57. The number of nitrogens with one attached hydrogen (secondary N) is 2. The average molecular weight is 381 g/mol. The number of benzene rings is 2. The zero-order valence-corrected chi connectivity index (χ0v) is 13.8. The van der Waals surface area contributed by atoms with Crippen molar-refractivity contribution >= 4 is 51.9 Å². The molecule has 25 heavy (non-hydrogen) atoms. The molecule has 0 aliphatic heterocycles. The number of carbonyl (C=O) groups excluding carboxylic acids is 1. The molecule has 0 fully saturated rings. The van der Waals surface area contributed by atoms with Crippen LogP contribution in [0, 0.1) is 20.2 Å². The van der Waals surface area contributed by atoms with E-state index in [1.807, 2.05) is 0 Å². The van der Waals surface area contributed by atoms with E-state index < -0.39 is 15.8 Å². The summed E-state index contributed by atoms with van der Waals surface area (Å²) in [6.07, 6.45) is 0. The first-order valence-corrected chi connectivity index (χ1v) is 7.37. The van der Waals surface area contributed by atoms with Gasteiger partial charge in [-0.3, -0.25) is 30.3 Å². The lowest BCUT2D eigenvalue weighted by Crippen LogP contribution is -2.34. The lowest BCUT2D eigenvalue weighted by atomic mass is 10.2. The number of hydrogen-bond acceptors (Lipinski definition) is 6. The predicted octanol–water partition coefficient (Wildman–Crippen LogP) is 3.28. The van der Waals surface area contributed by atoms with Gasteiger partial charge < -0.3 is 5.32 Å². The molecule has 0 heterocycles. The number of amides is 1. The van der Waals surface area contributed by atoms with Gasteiger partial charge in [-0.15, -0.1) is 0 Å². The summed E-state index contributed by atoms with van der Waals surface area (Å²) in [7, 11) is 0. The van der Waals surface area contributed by atoms with Crippen LogP contribution >= 0.6 is 23.8 Å². The second kappa shape index (κ2) is 7.64. The van der Waals surface area contributed by atoms with Crippen molar-refractivity contribution in [2.75, 3.05) is 5.32 Å². The molecule has 2 aromatic rings. The number of hydrogen-bond donors (Lipinski definition) is 2. The van der Waals surface area contributed by atoms with Crippen LogP contribution in [-0.4, -0.2) is 20.9 Å². The van der Waals surface area contributed by atoms with Gasteiger partial charge in [0.15, 0.2) is 5.11 Å². The van der Waals surface area contributed by atoms with Crippen molar-refractivity contribution in [2.24, 2.45) is 0 Å². The van der Waals surface area contributed by atoms with E-state index in [1.54, 1.807) is 0 Å². The number of non-ortho nitro benzene ring substituents is 1. The highest BCUT2D eigenvalue weighted by atomic mass is 35.5. The van der Waals surface area contributed by atoms with Gasteiger partial charge in [0.2, 0.25) is 0 Å². The summed E-state index contributed by atoms with van der Waals surface area (Å²) >= 11 is 10.7. The smallest absolute Gasteiger partial charge is 0.294 e. The van der Waals surface area contributed by atoms with Gasteiger partial charge in [0.05, 0.1) is 9.85 Å². The van der Waals surface area contributed by atoms with Crippen LogP contribution in [0.2, 0.25) is 5.02 Å². The summed E-state index contributed by atoms with van der Waals surface area (Å²) in [6.45, 7) is 0. The minimum Gasteiger partial charge on any atom is -0.327 e. The van der Waals surface area contributed by atoms with E-state index in [2.05, 4.69) is 10.6 Å². The molecule has 0 aromatic heterocycles. The highest BCUT2D eigenvalue weighted by molar-refractivity contribution is 7.80. The van der Waals surface area contributed by atoms with Crippen LogP contribution in [0.3, 0.4) is 0 Å². The average Bonchev–Trinajstić information content (AvgIpc) is 2.56. The molecule has 2 N–H and O–H groups in total. The molecule has 128 valence electrons. The Balaban J connectivity index is 2.08. The molecule has 1 amide bonds. The Labute approximate surface area is 150 Å². The van der Waals surface area contributed by atoms with Gasteiger partial charge in [-0.05, 0) is 36.5 Å². The third kappa shape index (κ3) is 4.68. The quantitative estimate of drug-likeness (QED) is 0.473. The van der Waals surface area contributed by atoms with Crippen LogP contribution in [-0.2, 0) is 0 Å². The Hall–Kier alpha value is -3.11. The van der Waals surface area contributed by atoms with Crippen molar-refractivity contribution in [2.45, 2.75) is 0 Å². The van der Waals surface area contributed by atoms with Crippen LogP contribution in [0.5, 0.6) is 0 Å². The first-order valence-electron chi connectivity index (χ1n) is 6.58. The summed E-state index contributed by atoms with van der Waals surface area (Å²) in [5.74, 6) is -0.621. The normalized spacial score (nSPS) is 9.96. The van der Waals surface area contributed by atoms with Gasteiger partial charge in [0.25, 0.3) is 17.3 Å². The van der Waals surface area contributed by atoms with Crippen molar-refractivity contribution in [1.82, 2.24) is 5.32 Å². The zero-order chi connectivity index (χ0) is 18.6. The number of anilines is 1. The van der Waals surface area contributed by atoms with E-state index >= 15 is 0 Å². The van der Waals surface area contributed by atoms with Gasteiger partial charge in [-0.1, -0.05) is 11.6 Å². The molecule has 0 radical (unpaired) electrons. The van der Waals surface area contributed by atoms with E-state index in [1.165, 1.54) is 36.4 Å². The molecule has 0 aliphatic rings. The van der Waals surface area contributed by atoms with Gasteiger partial charge in [-0.2, -0.15) is 0 Å². The maximum Gasteiger partial charge on any atom is 0.294 e. The first-order chi connectivity index (χ1) is 11.8. The number of rotatable bonds is 4. The molecule has 0 atom stereocenters. The molecule has 0 saturated heterocycles. The summed E-state index contributed by atoms with van der Waals surface area (Å²) in [5.41, 5.74) is -0.266. The molecule has 2 aromatic carbocycles. The number of carbonyl (C=O) groups is 1. The molecule has 0 saturated carbocycles. The molecule has 0 spiro atoms. The monoisotopic (exact) mass is 380 g/mol. The number of nitro benzene ring substituents is 2. The maximum atomic E-state index is 12.0. The highest BCUT2D eigenvalue weighted by Gasteiger charge is 2.17. The summed E-state index contributed by atoms with van der Waals surface area (Å²) in [4.78, 5) is 32.4. The summed E-state index contributed by atoms with van der Waals surface area (Å²) in [5, 5.41) is 26.5. The Bertz CT molecular complexity index is 872. The molecule has 9 nitrogen and oxygen atoms in total. The van der Waals surface area contributed by atoms with Gasteiger partial charge in [0, 0.05) is 28.8 Å². The van der Waals surface area contributed by atoms with Crippen LogP contribution in [0.25, 0.3) is 0 Å². The second-order valence-electron chi connectivity index (χ2n) is 4.63. The number of nitro groups is 2. The standard InChI is InChI=1S/C14H9ClN4O5S/c15-9-3-6-11(12(7-9)19(23)24)16-14(25)17-13(20)8-1-4-10(5-2-8)18(21)22/h1-7H,(H2,16,17,20,25). The van der Waals surface area contributed by atoms with Crippen LogP contribution in [0.1, 0.15) is 10.4 Å². The van der Waals surface area contributed by atoms with Gasteiger partial charge in [-0.25, -0.2) is 0 Å². The number of thiocarbonyl (C=S) groups is 1. The number of halogens is 1. The van der Waals surface area contributed by atoms with Crippen molar-refractivity contribution in [1.29, 1.82) is 0 Å². The third-order valence-corrected chi connectivity index (χ3v) is 3.41. The first kappa shape index (κ1) is 18.2. The van der Waals surface area contributed by atoms with Crippen molar-refractivity contribution < 1.29 is 14.6 Å². The number of nitrogens with zero attached hydrogens (tertiary/aromatic N) is 2. The van der Waals surface area contributed by atoms with Crippen LogP contribution in [0.15, 0.2) is 42.5 Å². The van der Waals surface area contributed by atoms with Gasteiger partial charge in [0.1, 0.15) is 5.69 Å². The van der Waals surface area contributed by atoms with Crippen molar-refractivity contribution in [3.05, 3.63) is 73.3 Å². The fourth-order valence-corrected chi connectivity index (χ4v) is 2.19. The summed E-state index contributed by atoms with van der Waals surface area (Å²) < 4.78 is 0. The molecular formula is C14H9ClN4O5S. The van der Waals surface area contributed by atoms with E-state index in [-0.39, 0.29) is 32.8 Å². The lowest BCUT2D eigenvalue weighted by Gasteiger charge is -2.10. The van der Waals surface area contributed by atoms with Crippen LogP contribution < -0.4 is 10.6 Å². The predicted molar refractivity (Wildman–Crippen MR) is 94.9 cm³/mol.